The van der Waals surface area contributed by atoms with Crippen molar-refractivity contribution in [3.05, 3.63) is 28.5 Å². The highest BCUT2D eigenvalue weighted by Crippen LogP contribution is 2.20. The zero-order chi connectivity index (χ0) is 11.4. The molecule has 0 radical (unpaired) electrons. The quantitative estimate of drug-likeness (QED) is 0.889. The summed E-state index contributed by atoms with van der Waals surface area (Å²) in [6.45, 7) is 1.69. The van der Waals surface area contributed by atoms with Crippen LogP contribution in [-0.2, 0) is 4.79 Å². The molecule has 0 aliphatic heterocycles. The third-order valence-corrected chi connectivity index (χ3v) is 2.31. The van der Waals surface area contributed by atoms with Crippen LogP contribution in [0.4, 0.5) is 10.1 Å². The molecule has 1 aromatic rings. The smallest absolute Gasteiger partial charge is 0.305 e. The van der Waals surface area contributed by atoms with Gasteiger partial charge in [-0.1, -0.05) is 15.9 Å². The van der Waals surface area contributed by atoms with Gasteiger partial charge in [-0.05, 0) is 25.1 Å². The van der Waals surface area contributed by atoms with Crippen LogP contribution >= 0.6 is 15.9 Å². The normalized spacial score (nSPS) is 12.2. The number of halogens is 2. The standard InChI is InChI=1S/C10H11BrFNO2/c1-6(4-10(14)15)13-9-3-2-7(11)5-8(9)12/h2-3,5-6,13H,4H2,1H3,(H,14,15). The van der Waals surface area contributed by atoms with Gasteiger partial charge >= 0.3 is 5.97 Å². The van der Waals surface area contributed by atoms with E-state index in [9.17, 15) is 9.18 Å². The zero-order valence-corrected chi connectivity index (χ0v) is 9.71. The van der Waals surface area contributed by atoms with Crippen LogP contribution in [0.3, 0.4) is 0 Å². The SMILES string of the molecule is CC(CC(=O)O)Nc1ccc(Br)cc1F. The molecule has 0 bridgehead atoms. The number of aliphatic carboxylic acids is 1. The fourth-order valence-corrected chi connectivity index (χ4v) is 1.52. The minimum Gasteiger partial charge on any atom is -0.481 e. The molecule has 0 aromatic heterocycles. The molecule has 0 fully saturated rings. The Morgan fingerprint density at radius 2 is 2.33 bits per heavy atom. The molecule has 0 amide bonds. The van der Waals surface area contributed by atoms with Gasteiger partial charge in [-0.25, -0.2) is 4.39 Å². The molecule has 0 saturated carbocycles. The van der Waals surface area contributed by atoms with Gasteiger partial charge in [0.1, 0.15) is 5.82 Å². The van der Waals surface area contributed by atoms with E-state index in [-0.39, 0.29) is 12.5 Å². The lowest BCUT2D eigenvalue weighted by Gasteiger charge is -2.13. The summed E-state index contributed by atoms with van der Waals surface area (Å²) < 4.78 is 14.0. The maximum absolute atomic E-state index is 13.3. The Hall–Kier alpha value is -1.10. The van der Waals surface area contributed by atoms with Crippen LogP contribution in [0.25, 0.3) is 0 Å². The lowest BCUT2D eigenvalue weighted by molar-refractivity contribution is -0.137. The fraction of sp³-hybridized carbons (Fsp3) is 0.300. The summed E-state index contributed by atoms with van der Waals surface area (Å²) in [6.07, 6.45) is -0.0461. The van der Waals surface area contributed by atoms with Gasteiger partial charge in [0.25, 0.3) is 0 Å². The Bertz CT molecular complexity index is 370. The monoisotopic (exact) mass is 275 g/mol. The van der Waals surface area contributed by atoms with Crippen molar-refractivity contribution >= 4 is 27.6 Å². The molecule has 82 valence electrons. The Kier molecular flexibility index (Phi) is 4.08. The van der Waals surface area contributed by atoms with Crippen molar-refractivity contribution in [3.63, 3.8) is 0 Å². The van der Waals surface area contributed by atoms with Crippen LogP contribution in [0.5, 0.6) is 0 Å². The highest BCUT2D eigenvalue weighted by Gasteiger charge is 2.09. The van der Waals surface area contributed by atoms with Gasteiger partial charge < -0.3 is 10.4 Å². The van der Waals surface area contributed by atoms with Crippen molar-refractivity contribution in [1.29, 1.82) is 0 Å². The number of hydrogen-bond donors (Lipinski definition) is 2. The summed E-state index contributed by atoms with van der Waals surface area (Å²) in [5, 5.41) is 11.3. The number of carboxylic acids is 1. The maximum Gasteiger partial charge on any atom is 0.305 e. The summed E-state index contributed by atoms with van der Waals surface area (Å²) in [7, 11) is 0. The van der Waals surface area contributed by atoms with Crippen LogP contribution in [0.1, 0.15) is 13.3 Å². The summed E-state index contributed by atoms with van der Waals surface area (Å²) in [5.74, 6) is -1.31. The molecule has 5 heteroatoms. The molecule has 2 N–H and O–H groups in total. The minimum absolute atomic E-state index is 0.0461. The van der Waals surface area contributed by atoms with Crippen molar-refractivity contribution in [2.75, 3.05) is 5.32 Å². The molecular weight excluding hydrogens is 265 g/mol. The molecule has 0 saturated heterocycles. The predicted octanol–water partition coefficient (Wildman–Crippen LogP) is 2.86. The number of rotatable bonds is 4. The lowest BCUT2D eigenvalue weighted by atomic mass is 10.2. The van der Waals surface area contributed by atoms with Crippen LogP contribution in [0, 0.1) is 5.82 Å². The van der Waals surface area contributed by atoms with E-state index in [0.29, 0.717) is 10.2 Å². The van der Waals surface area contributed by atoms with Gasteiger partial charge in [0.2, 0.25) is 0 Å². The number of hydrogen-bond acceptors (Lipinski definition) is 2. The molecule has 1 atom stereocenters. The van der Waals surface area contributed by atoms with Crippen LogP contribution in [0.2, 0.25) is 0 Å². The first kappa shape index (κ1) is 12.0. The fourth-order valence-electron chi connectivity index (χ4n) is 1.18. The van der Waals surface area contributed by atoms with Gasteiger partial charge in [-0.3, -0.25) is 4.79 Å². The first-order valence-electron chi connectivity index (χ1n) is 4.42. The number of nitrogens with one attached hydrogen (secondary N) is 1. The van der Waals surface area contributed by atoms with Gasteiger partial charge in [0.05, 0.1) is 12.1 Å². The first-order valence-corrected chi connectivity index (χ1v) is 5.21. The molecule has 15 heavy (non-hydrogen) atoms. The second kappa shape index (κ2) is 5.11. The highest BCUT2D eigenvalue weighted by atomic mass is 79.9. The molecular formula is C10H11BrFNO2. The van der Waals surface area contributed by atoms with Crippen LogP contribution < -0.4 is 5.32 Å². The topological polar surface area (TPSA) is 49.3 Å². The average Bonchev–Trinajstić information content (AvgIpc) is 2.08. The van der Waals surface area contributed by atoms with Crippen molar-refractivity contribution in [2.45, 2.75) is 19.4 Å². The Balaban J connectivity index is 2.68. The van der Waals surface area contributed by atoms with Crippen LogP contribution in [-0.4, -0.2) is 17.1 Å². The molecule has 1 aromatic carbocycles. The van der Waals surface area contributed by atoms with Gasteiger partial charge in [-0.15, -0.1) is 0 Å². The van der Waals surface area contributed by atoms with Crippen molar-refractivity contribution in [2.24, 2.45) is 0 Å². The van der Waals surface area contributed by atoms with E-state index in [2.05, 4.69) is 21.2 Å². The summed E-state index contributed by atoms with van der Waals surface area (Å²) >= 11 is 3.14. The first-order chi connectivity index (χ1) is 6.99. The maximum atomic E-state index is 13.3. The molecule has 1 rings (SSSR count). The summed E-state index contributed by atoms with van der Waals surface area (Å²) in [5.41, 5.74) is 0.312. The van der Waals surface area contributed by atoms with E-state index < -0.39 is 11.8 Å². The van der Waals surface area contributed by atoms with Crippen LogP contribution in [0.15, 0.2) is 22.7 Å². The average molecular weight is 276 g/mol. The third kappa shape index (κ3) is 3.87. The Morgan fingerprint density at radius 1 is 1.67 bits per heavy atom. The molecule has 3 nitrogen and oxygen atoms in total. The Morgan fingerprint density at radius 3 is 2.87 bits per heavy atom. The third-order valence-electron chi connectivity index (χ3n) is 1.81. The number of benzene rings is 1. The second-order valence-corrected chi connectivity index (χ2v) is 4.18. The minimum atomic E-state index is -0.910. The van der Waals surface area contributed by atoms with Crippen molar-refractivity contribution in [3.8, 4) is 0 Å². The van der Waals surface area contributed by atoms with E-state index in [1.807, 2.05) is 0 Å². The molecule has 0 aliphatic carbocycles. The predicted molar refractivity (Wildman–Crippen MR) is 59.4 cm³/mol. The van der Waals surface area contributed by atoms with E-state index in [4.69, 9.17) is 5.11 Å². The molecule has 0 aliphatic rings. The van der Waals surface area contributed by atoms with E-state index in [1.165, 1.54) is 6.07 Å². The second-order valence-electron chi connectivity index (χ2n) is 3.27. The molecule has 1 unspecified atom stereocenters. The summed E-state index contributed by atoms with van der Waals surface area (Å²) in [4.78, 5) is 10.4. The van der Waals surface area contributed by atoms with Crippen molar-refractivity contribution < 1.29 is 14.3 Å². The zero-order valence-electron chi connectivity index (χ0n) is 8.13. The Labute approximate surface area is 95.4 Å². The van der Waals surface area contributed by atoms with Gasteiger partial charge in [-0.2, -0.15) is 0 Å². The molecule has 0 spiro atoms. The highest BCUT2D eigenvalue weighted by molar-refractivity contribution is 9.10. The summed E-state index contributed by atoms with van der Waals surface area (Å²) in [6, 6.07) is 4.28. The van der Waals surface area contributed by atoms with Gasteiger partial charge in [0, 0.05) is 10.5 Å². The number of anilines is 1. The number of carboxylic acid groups (broad SMARTS) is 1. The van der Waals surface area contributed by atoms with Crippen molar-refractivity contribution in [1.82, 2.24) is 0 Å². The van der Waals surface area contributed by atoms with E-state index in [0.717, 1.165) is 0 Å². The van der Waals surface area contributed by atoms with E-state index in [1.54, 1.807) is 19.1 Å². The van der Waals surface area contributed by atoms with E-state index >= 15 is 0 Å². The van der Waals surface area contributed by atoms with Gasteiger partial charge in [0.15, 0.2) is 0 Å². The number of carbonyl (C=O) groups is 1. The molecule has 0 heterocycles. The lowest BCUT2D eigenvalue weighted by Crippen LogP contribution is -2.19. The largest absolute Gasteiger partial charge is 0.481 e.